The first-order valence-corrected chi connectivity index (χ1v) is 9.71. The molecule has 2 aromatic rings. The molecule has 1 saturated carbocycles. The van der Waals surface area contributed by atoms with Gasteiger partial charge < -0.3 is 10.3 Å². The minimum Gasteiger partial charge on any atom is -0.326 e. The van der Waals surface area contributed by atoms with Crippen molar-refractivity contribution in [1.82, 2.24) is 9.97 Å². The van der Waals surface area contributed by atoms with Gasteiger partial charge in [0.2, 0.25) is 5.91 Å². The number of hydrogen-bond donors (Lipinski definition) is 2. The van der Waals surface area contributed by atoms with Crippen molar-refractivity contribution in [2.24, 2.45) is 5.92 Å². The third-order valence-electron chi connectivity index (χ3n) is 4.04. The van der Waals surface area contributed by atoms with Gasteiger partial charge in [0.05, 0.1) is 5.75 Å². The Kier molecular flexibility index (Phi) is 5.88. The van der Waals surface area contributed by atoms with E-state index in [4.69, 9.17) is 0 Å². The van der Waals surface area contributed by atoms with E-state index < -0.39 is 0 Å². The molecule has 2 N–H and O–H groups in total. The van der Waals surface area contributed by atoms with Crippen LogP contribution in [0.4, 0.5) is 5.69 Å². The zero-order valence-corrected chi connectivity index (χ0v) is 15.4. The Hall–Kier alpha value is -2.41. The van der Waals surface area contributed by atoms with Crippen molar-refractivity contribution >= 4 is 29.1 Å². The van der Waals surface area contributed by atoms with Crippen LogP contribution >= 0.6 is 11.8 Å². The van der Waals surface area contributed by atoms with Gasteiger partial charge in [0.15, 0.2) is 10.9 Å². The Bertz CT molecular complexity index is 857. The Balaban J connectivity index is 1.57. The van der Waals surface area contributed by atoms with Crippen LogP contribution in [-0.4, -0.2) is 27.4 Å². The zero-order valence-electron chi connectivity index (χ0n) is 14.6. The molecule has 6 nitrogen and oxygen atoms in total. The maximum Gasteiger partial charge on any atom is 0.251 e. The predicted octanol–water partition coefficient (Wildman–Crippen LogP) is 3.05. The number of rotatable bonds is 8. The van der Waals surface area contributed by atoms with Crippen LogP contribution in [-0.2, 0) is 11.2 Å². The fraction of sp³-hybridized carbons (Fsp3) is 0.368. The summed E-state index contributed by atoms with van der Waals surface area (Å²) in [5.41, 5.74) is 1.80. The van der Waals surface area contributed by atoms with E-state index in [2.05, 4.69) is 15.3 Å². The van der Waals surface area contributed by atoms with Gasteiger partial charge in [0, 0.05) is 28.9 Å². The molecule has 3 rings (SSSR count). The van der Waals surface area contributed by atoms with Gasteiger partial charge in [-0.3, -0.25) is 14.4 Å². The first-order valence-electron chi connectivity index (χ1n) is 8.72. The summed E-state index contributed by atoms with van der Waals surface area (Å²) in [5, 5.41) is 3.31. The van der Waals surface area contributed by atoms with Crippen molar-refractivity contribution < 1.29 is 9.59 Å². The number of benzene rings is 1. The SMILES string of the molecule is CCCc1cc(=O)[nH]c(SCC(=O)c2ccc(NC(=O)C3CC3)cc2)n1. The summed E-state index contributed by atoms with van der Waals surface area (Å²) in [4.78, 5) is 42.7. The molecule has 7 heteroatoms. The molecule has 0 unspecified atom stereocenters. The van der Waals surface area contributed by atoms with Gasteiger partial charge >= 0.3 is 0 Å². The maximum atomic E-state index is 12.3. The minimum absolute atomic E-state index is 0.0432. The lowest BCUT2D eigenvalue weighted by Crippen LogP contribution is -2.13. The van der Waals surface area contributed by atoms with E-state index >= 15 is 0 Å². The van der Waals surface area contributed by atoms with Gasteiger partial charge in [-0.1, -0.05) is 25.1 Å². The molecular formula is C19H21N3O3S. The molecule has 1 fully saturated rings. The Morgan fingerprint density at radius 3 is 2.65 bits per heavy atom. The summed E-state index contributed by atoms with van der Waals surface area (Å²) in [7, 11) is 0. The lowest BCUT2D eigenvalue weighted by atomic mass is 10.1. The third-order valence-corrected chi connectivity index (χ3v) is 4.91. The van der Waals surface area contributed by atoms with Crippen LogP contribution in [0.2, 0.25) is 0 Å². The molecule has 1 aliphatic carbocycles. The quantitative estimate of drug-likeness (QED) is 0.423. The lowest BCUT2D eigenvalue weighted by molar-refractivity contribution is -0.117. The normalized spacial score (nSPS) is 13.4. The van der Waals surface area contributed by atoms with Crippen molar-refractivity contribution in [2.45, 2.75) is 37.8 Å². The number of aromatic nitrogens is 2. The maximum absolute atomic E-state index is 12.3. The van der Waals surface area contributed by atoms with E-state index in [0.29, 0.717) is 16.4 Å². The fourth-order valence-electron chi connectivity index (χ4n) is 2.48. The predicted molar refractivity (Wildman–Crippen MR) is 102 cm³/mol. The molecule has 1 aromatic carbocycles. The van der Waals surface area contributed by atoms with Crippen LogP contribution < -0.4 is 10.9 Å². The summed E-state index contributed by atoms with van der Waals surface area (Å²) < 4.78 is 0. The van der Waals surface area contributed by atoms with Crippen molar-refractivity contribution in [3.63, 3.8) is 0 Å². The van der Waals surface area contributed by atoms with Crippen LogP contribution in [0.1, 0.15) is 42.2 Å². The second-order valence-electron chi connectivity index (χ2n) is 6.34. The van der Waals surface area contributed by atoms with Gasteiger partial charge in [0.1, 0.15) is 0 Å². The smallest absolute Gasteiger partial charge is 0.251 e. The fourth-order valence-corrected chi connectivity index (χ4v) is 3.27. The van der Waals surface area contributed by atoms with Gasteiger partial charge in [-0.25, -0.2) is 4.98 Å². The summed E-state index contributed by atoms with van der Waals surface area (Å²) in [6, 6.07) is 8.37. The highest BCUT2D eigenvalue weighted by atomic mass is 32.2. The van der Waals surface area contributed by atoms with E-state index in [1.165, 1.54) is 17.8 Å². The first kappa shape index (κ1) is 18.4. The molecular weight excluding hydrogens is 350 g/mol. The first-order chi connectivity index (χ1) is 12.5. The number of nitrogens with one attached hydrogen (secondary N) is 2. The highest BCUT2D eigenvalue weighted by Crippen LogP contribution is 2.30. The third kappa shape index (κ3) is 5.05. The number of H-pyrrole nitrogens is 1. The van der Waals surface area contributed by atoms with E-state index in [-0.39, 0.29) is 28.9 Å². The Labute approximate surface area is 155 Å². The van der Waals surface area contributed by atoms with Crippen LogP contribution in [0.3, 0.4) is 0 Å². The molecule has 26 heavy (non-hydrogen) atoms. The van der Waals surface area contributed by atoms with Gasteiger partial charge in [-0.15, -0.1) is 0 Å². The highest BCUT2D eigenvalue weighted by molar-refractivity contribution is 7.99. The number of amides is 1. The average molecular weight is 371 g/mol. The number of hydrogen-bond acceptors (Lipinski definition) is 5. The number of carbonyl (C=O) groups excluding carboxylic acids is 2. The van der Waals surface area contributed by atoms with Crippen LogP contribution in [0.25, 0.3) is 0 Å². The molecule has 0 saturated heterocycles. The lowest BCUT2D eigenvalue weighted by Gasteiger charge is -2.06. The molecule has 1 aliphatic rings. The van der Waals surface area contributed by atoms with Crippen molar-refractivity contribution in [3.8, 4) is 0 Å². The Morgan fingerprint density at radius 1 is 1.27 bits per heavy atom. The number of Topliss-reactive ketones (excluding diaryl/α,β-unsaturated/α-hetero) is 1. The second kappa shape index (κ2) is 8.31. The van der Waals surface area contributed by atoms with E-state index in [1.807, 2.05) is 6.92 Å². The molecule has 0 aliphatic heterocycles. The van der Waals surface area contributed by atoms with Crippen LogP contribution in [0.5, 0.6) is 0 Å². The van der Waals surface area contributed by atoms with Gasteiger partial charge in [-0.05, 0) is 43.5 Å². The molecule has 1 heterocycles. The monoisotopic (exact) mass is 371 g/mol. The summed E-state index contributed by atoms with van der Waals surface area (Å²) in [5.74, 6) is 0.317. The number of aromatic amines is 1. The molecule has 136 valence electrons. The van der Waals surface area contributed by atoms with Gasteiger partial charge in [-0.2, -0.15) is 0 Å². The summed E-state index contributed by atoms with van der Waals surface area (Å²) in [6.07, 6.45) is 3.55. The average Bonchev–Trinajstić information content (AvgIpc) is 3.45. The largest absolute Gasteiger partial charge is 0.326 e. The molecule has 1 amide bonds. The topological polar surface area (TPSA) is 91.9 Å². The number of ketones is 1. The number of anilines is 1. The minimum atomic E-state index is -0.200. The van der Waals surface area contributed by atoms with E-state index in [0.717, 1.165) is 31.4 Å². The Morgan fingerprint density at radius 2 is 2.00 bits per heavy atom. The number of carbonyl (C=O) groups is 2. The van der Waals surface area contributed by atoms with Crippen LogP contribution in [0.15, 0.2) is 40.3 Å². The number of nitrogens with zero attached hydrogens (tertiary/aromatic N) is 1. The van der Waals surface area contributed by atoms with Crippen molar-refractivity contribution in [2.75, 3.05) is 11.1 Å². The summed E-state index contributed by atoms with van der Waals surface area (Å²) in [6.45, 7) is 2.02. The molecule has 0 atom stereocenters. The van der Waals surface area contributed by atoms with Crippen molar-refractivity contribution in [3.05, 3.63) is 51.9 Å². The summed E-state index contributed by atoms with van der Waals surface area (Å²) >= 11 is 1.22. The number of aryl methyl sites for hydroxylation is 1. The molecule has 1 aromatic heterocycles. The second-order valence-corrected chi connectivity index (χ2v) is 7.31. The van der Waals surface area contributed by atoms with Crippen molar-refractivity contribution in [1.29, 1.82) is 0 Å². The standard InChI is InChI=1S/C19H21N3O3S/c1-2-3-15-10-17(24)22-19(21-15)26-11-16(23)12-6-8-14(9-7-12)20-18(25)13-4-5-13/h6-10,13H,2-5,11H2,1H3,(H,20,25)(H,21,22,24). The molecule has 0 radical (unpaired) electrons. The van der Waals surface area contributed by atoms with E-state index in [9.17, 15) is 14.4 Å². The van der Waals surface area contributed by atoms with E-state index in [1.54, 1.807) is 24.3 Å². The number of thioether (sulfide) groups is 1. The highest BCUT2D eigenvalue weighted by Gasteiger charge is 2.29. The zero-order chi connectivity index (χ0) is 18.5. The van der Waals surface area contributed by atoms with Crippen LogP contribution in [0, 0.1) is 5.92 Å². The molecule has 0 bridgehead atoms. The van der Waals surface area contributed by atoms with Gasteiger partial charge in [0.25, 0.3) is 5.56 Å². The molecule has 0 spiro atoms.